The van der Waals surface area contributed by atoms with Crippen LogP contribution in [0.5, 0.6) is 0 Å². The van der Waals surface area contributed by atoms with Gasteiger partial charge in [-0.05, 0) is 56.9 Å². The van der Waals surface area contributed by atoms with E-state index in [1.165, 1.54) is 12.5 Å². The lowest BCUT2D eigenvalue weighted by atomic mass is 10.00. The predicted molar refractivity (Wildman–Crippen MR) is 248 cm³/mol. The molecular formula is C45H75N3O16P2. The summed E-state index contributed by atoms with van der Waals surface area (Å²) < 4.78 is 56.5. The summed E-state index contributed by atoms with van der Waals surface area (Å²) in [7, 11) is -10.9. The average Bonchev–Trinajstić information content (AvgIpc) is 3.55. The van der Waals surface area contributed by atoms with E-state index in [2.05, 4.69) is 36.1 Å². The number of aromatic nitrogens is 2. The van der Waals surface area contributed by atoms with Crippen molar-refractivity contribution in [1.82, 2.24) is 9.55 Å². The van der Waals surface area contributed by atoms with E-state index in [1.807, 2.05) is 42.5 Å². The van der Waals surface area contributed by atoms with Gasteiger partial charge < -0.3 is 45.1 Å². The van der Waals surface area contributed by atoms with Crippen molar-refractivity contribution in [2.24, 2.45) is 5.92 Å². The van der Waals surface area contributed by atoms with Gasteiger partial charge in [0.25, 0.3) is 0 Å². The molecule has 2 heterocycles. The van der Waals surface area contributed by atoms with Crippen molar-refractivity contribution < 1.29 is 71.4 Å². The first-order valence-corrected chi connectivity index (χ1v) is 26.1. The van der Waals surface area contributed by atoms with E-state index in [0.29, 0.717) is 25.2 Å². The van der Waals surface area contributed by atoms with Crippen molar-refractivity contribution in [3.63, 3.8) is 0 Å². The van der Waals surface area contributed by atoms with Crippen molar-refractivity contribution >= 4 is 33.4 Å². The fourth-order valence-electron chi connectivity index (χ4n) is 6.48. The number of hydrogen-bond donors (Lipinski definition) is 6. The third kappa shape index (κ3) is 26.3. The number of anilines is 1. The highest BCUT2D eigenvalue weighted by Gasteiger charge is 2.46. The number of phosphoric ester groups is 2. The number of aliphatic hydroxyl groups is 3. The van der Waals surface area contributed by atoms with Gasteiger partial charge in [-0.1, -0.05) is 127 Å². The third-order valence-corrected chi connectivity index (χ3v) is 13.1. The molecule has 0 bridgehead atoms. The van der Waals surface area contributed by atoms with Gasteiger partial charge in [-0.15, -0.1) is 0 Å². The summed E-state index contributed by atoms with van der Waals surface area (Å²) in [6, 6.07) is 1.24. The van der Waals surface area contributed by atoms with Crippen molar-refractivity contribution in [2.75, 3.05) is 25.6 Å². The maximum absolute atomic E-state index is 12.8. The number of phosphoric acid groups is 2. The molecule has 21 heteroatoms. The minimum absolute atomic E-state index is 0.0270. The molecule has 0 spiro atoms. The summed E-state index contributed by atoms with van der Waals surface area (Å²) in [5.41, 5.74) is 4.57. The fraction of sp³-hybridized carbons (Fsp3) is 0.689. The number of rotatable bonds is 36. The largest absolute Gasteiger partial charge is 0.481 e. The average molecular weight is 976 g/mol. The van der Waals surface area contributed by atoms with Gasteiger partial charge in [-0.2, -0.15) is 9.29 Å². The number of carbonyl (C=O) groups is 2. The van der Waals surface area contributed by atoms with Crippen LogP contribution in [-0.4, -0.2) is 96.9 Å². The quantitative estimate of drug-likeness (QED) is 0.0165. The Hall–Kier alpha value is -3.32. The van der Waals surface area contributed by atoms with Crippen LogP contribution in [0.25, 0.3) is 0 Å². The molecule has 0 aromatic carbocycles. The SMILES string of the molecule is CCCC[C@H](O)/C=C\C/C=C\C/C=C\C/C=C\CCCC(=O)OC[C@H](COP(=O)(O)OP(=O)(O)OC[C@H]1O[C@@H](n2ccc(N)nc2=O)[C@H](O)[C@@H]1O)OC(=O)CCCCCCCCC(C)CC. The molecule has 0 saturated carbocycles. The maximum atomic E-state index is 12.8. The number of unbranched alkanes of at least 4 members (excludes halogenated alkanes) is 7. The maximum Gasteiger partial charge on any atom is 0.481 e. The number of nitrogens with zero attached hydrogens (tertiary/aromatic N) is 2. The number of hydrogen-bond acceptors (Lipinski definition) is 16. The summed E-state index contributed by atoms with van der Waals surface area (Å²) in [6.07, 6.45) is 23.0. The Labute approximate surface area is 389 Å². The lowest BCUT2D eigenvalue weighted by Gasteiger charge is -2.21. The van der Waals surface area contributed by atoms with E-state index in [9.17, 15) is 48.6 Å². The van der Waals surface area contributed by atoms with E-state index in [0.717, 1.165) is 87.8 Å². The first kappa shape index (κ1) is 58.8. The Morgan fingerprint density at radius 3 is 2.12 bits per heavy atom. The van der Waals surface area contributed by atoms with Gasteiger partial charge in [-0.25, -0.2) is 13.9 Å². The zero-order valence-corrected chi connectivity index (χ0v) is 40.5. The number of nitrogen functional groups attached to an aromatic ring is 1. The number of ether oxygens (including phenoxy) is 3. The summed E-state index contributed by atoms with van der Waals surface area (Å²) in [5.74, 6) is -0.697. The topological polar surface area (TPSA) is 286 Å². The van der Waals surface area contributed by atoms with Gasteiger partial charge in [0.15, 0.2) is 12.3 Å². The van der Waals surface area contributed by atoms with Crippen LogP contribution < -0.4 is 11.4 Å². The van der Waals surface area contributed by atoms with E-state index in [-0.39, 0.29) is 24.8 Å². The molecule has 376 valence electrons. The van der Waals surface area contributed by atoms with Crippen molar-refractivity contribution in [3.05, 3.63) is 71.4 Å². The zero-order chi connectivity index (χ0) is 48.8. The molecule has 1 aromatic heterocycles. The van der Waals surface area contributed by atoms with Crippen LogP contribution in [-0.2, 0) is 46.3 Å². The molecule has 0 amide bonds. The second-order valence-corrected chi connectivity index (χ2v) is 19.4. The molecule has 9 atom stereocenters. The molecule has 2 rings (SSSR count). The molecule has 1 fully saturated rings. The van der Waals surface area contributed by atoms with E-state index in [1.54, 1.807) is 0 Å². The smallest absolute Gasteiger partial charge is 0.462 e. The van der Waals surface area contributed by atoms with E-state index in [4.69, 9.17) is 29.0 Å². The molecule has 1 aliphatic heterocycles. The standard InChI is InChI=1S/C45H75N3O16P2/c1-4-6-26-36(49)27-22-18-13-11-9-7-8-10-12-14-19-23-28-40(50)59-32-37(62-41(51)29-24-20-16-15-17-21-25-35(3)5-2)33-60-65(55,56)64-66(57,58)61-34-38-42(52)43(53)44(63-38)48-31-30-39(46)47-45(48)54/h7-8,11-14,22,27,30-31,35-38,42-44,49,52-53H,4-6,9-10,15-21,23-26,28-29,32-34H2,1-3H3,(H,55,56)(H,57,58)(H2,46,47,54)/b8-7-,13-11-,14-12-,27-22-/t35?,36-,37+,38+,42+,43+,44+/m0/s1. The highest BCUT2D eigenvalue weighted by atomic mass is 31.3. The predicted octanol–water partition coefficient (Wildman–Crippen LogP) is 7.43. The van der Waals surface area contributed by atoms with Gasteiger partial charge in [0.05, 0.1) is 19.3 Å². The lowest BCUT2D eigenvalue weighted by molar-refractivity contribution is -0.161. The third-order valence-electron chi connectivity index (χ3n) is 10.5. The van der Waals surface area contributed by atoms with Gasteiger partial charge in [-0.3, -0.25) is 23.2 Å². The lowest BCUT2D eigenvalue weighted by Crippen LogP contribution is -2.36. The van der Waals surface area contributed by atoms with Gasteiger partial charge in [0.2, 0.25) is 0 Å². The molecule has 0 aliphatic carbocycles. The summed E-state index contributed by atoms with van der Waals surface area (Å²) in [4.78, 5) is 61.6. The number of esters is 2. The van der Waals surface area contributed by atoms with Crippen molar-refractivity contribution in [2.45, 2.75) is 173 Å². The number of aliphatic hydroxyl groups excluding tert-OH is 3. The summed E-state index contributed by atoms with van der Waals surface area (Å²) >= 11 is 0. The molecular weight excluding hydrogens is 900 g/mol. The van der Waals surface area contributed by atoms with Crippen LogP contribution in [0.1, 0.15) is 143 Å². The van der Waals surface area contributed by atoms with Crippen LogP contribution in [0, 0.1) is 5.92 Å². The molecule has 19 nitrogen and oxygen atoms in total. The van der Waals surface area contributed by atoms with Crippen molar-refractivity contribution in [3.8, 4) is 0 Å². The van der Waals surface area contributed by atoms with Crippen LogP contribution in [0.3, 0.4) is 0 Å². The second kappa shape index (κ2) is 33.2. The highest BCUT2D eigenvalue weighted by molar-refractivity contribution is 7.61. The second-order valence-electron chi connectivity index (χ2n) is 16.3. The first-order chi connectivity index (χ1) is 31.5. The van der Waals surface area contributed by atoms with Crippen LogP contribution in [0.2, 0.25) is 0 Å². The Balaban J connectivity index is 1.85. The monoisotopic (exact) mass is 975 g/mol. The van der Waals surface area contributed by atoms with Crippen LogP contribution in [0.15, 0.2) is 65.7 Å². The number of allylic oxidation sites excluding steroid dienone is 7. The van der Waals surface area contributed by atoms with E-state index < -0.39 is 83.7 Å². The molecule has 0 radical (unpaired) electrons. The van der Waals surface area contributed by atoms with Crippen molar-refractivity contribution in [1.29, 1.82) is 0 Å². The Morgan fingerprint density at radius 1 is 0.833 bits per heavy atom. The molecule has 66 heavy (non-hydrogen) atoms. The fourth-order valence-corrected chi connectivity index (χ4v) is 8.59. The highest BCUT2D eigenvalue weighted by Crippen LogP contribution is 2.60. The van der Waals surface area contributed by atoms with Gasteiger partial charge in [0.1, 0.15) is 30.7 Å². The Bertz CT molecular complexity index is 1820. The summed E-state index contributed by atoms with van der Waals surface area (Å²) in [6.45, 7) is 4.13. The minimum atomic E-state index is -5.44. The number of nitrogens with two attached hydrogens (primary N) is 1. The van der Waals surface area contributed by atoms with Crippen LogP contribution >= 0.6 is 15.6 Å². The van der Waals surface area contributed by atoms with E-state index >= 15 is 0 Å². The summed E-state index contributed by atoms with van der Waals surface area (Å²) in [5, 5.41) is 30.7. The Morgan fingerprint density at radius 2 is 1.45 bits per heavy atom. The number of carbonyl (C=O) groups excluding carboxylic acids is 2. The first-order valence-electron chi connectivity index (χ1n) is 23.1. The molecule has 1 aromatic rings. The normalized spacial score (nSPS) is 21.1. The zero-order valence-electron chi connectivity index (χ0n) is 38.8. The molecule has 1 saturated heterocycles. The molecule has 1 aliphatic rings. The molecule has 3 unspecified atom stereocenters. The van der Waals surface area contributed by atoms with Gasteiger partial charge in [0, 0.05) is 19.0 Å². The van der Waals surface area contributed by atoms with Gasteiger partial charge >= 0.3 is 33.3 Å². The molecule has 7 N–H and O–H groups in total. The Kier molecular flexibility index (Phi) is 29.6. The van der Waals surface area contributed by atoms with Crippen LogP contribution in [0.4, 0.5) is 5.82 Å². The minimum Gasteiger partial charge on any atom is -0.462 e.